The minimum Gasteiger partial charge on any atom is -0.383 e. The molecule has 3 aromatic rings. The van der Waals surface area contributed by atoms with E-state index >= 15 is 0 Å². The zero-order valence-corrected chi connectivity index (χ0v) is 22.1. The monoisotopic (exact) mass is 577 g/mol. The first-order chi connectivity index (χ1) is 18.1. The summed E-state index contributed by atoms with van der Waals surface area (Å²) in [6.45, 7) is 0.694. The third kappa shape index (κ3) is 4.71. The Morgan fingerprint density at radius 2 is 2.11 bits per heavy atom. The zero-order chi connectivity index (χ0) is 27.2. The number of methoxy groups -OCH3 is 1. The van der Waals surface area contributed by atoms with Gasteiger partial charge in [0.1, 0.15) is 12.2 Å². The molecule has 208 valence electrons. The number of nitrogens with one attached hydrogen (secondary N) is 2. The minimum absolute atomic E-state index is 0.0694. The third-order valence-electron chi connectivity index (χ3n) is 6.54. The molecule has 0 spiro atoms. The fraction of sp³-hybridized carbons (Fsp3) is 0.571. The van der Waals surface area contributed by atoms with Crippen molar-refractivity contribution in [2.45, 2.75) is 22.9 Å². The van der Waals surface area contributed by atoms with Gasteiger partial charge in [0, 0.05) is 39.8 Å². The van der Waals surface area contributed by atoms with Crippen molar-refractivity contribution in [3.8, 4) is 5.13 Å². The molecule has 0 saturated carbocycles. The number of hydrogen-bond acceptors (Lipinski definition) is 10. The fourth-order valence-corrected chi connectivity index (χ4v) is 6.74. The van der Waals surface area contributed by atoms with Crippen molar-refractivity contribution in [3.63, 3.8) is 0 Å². The summed E-state index contributed by atoms with van der Waals surface area (Å²) in [5.74, 6) is 0. The van der Waals surface area contributed by atoms with Gasteiger partial charge in [-0.25, -0.2) is 31.0 Å². The molecule has 2 N–H and O–H groups in total. The van der Waals surface area contributed by atoms with Crippen LogP contribution in [-0.4, -0.2) is 92.6 Å². The van der Waals surface area contributed by atoms with Crippen molar-refractivity contribution in [1.82, 2.24) is 29.4 Å². The molecular formula is C21H26F3N7O5S2. The van der Waals surface area contributed by atoms with E-state index in [1.54, 1.807) is 7.11 Å². The third-order valence-corrected chi connectivity index (χ3v) is 9.02. The van der Waals surface area contributed by atoms with Gasteiger partial charge in [0.05, 0.1) is 41.4 Å². The van der Waals surface area contributed by atoms with Crippen LogP contribution in [0.3, 0.4) is 0 Å². The molecule has 12 nitrogen and oxygen atoms in total. The molecule has 2 fully saturated rings. The van der Waals surface area contributed by atoms with Gasteiger partial charge in [0.2, 0.25) is 15.2 Å². The molecule has 0 bridgehead atoms. The number of aromatic nitrogens is 4. The lowest BCUT2D eigenvalue weighted by molar-refractivity contribution is -0.0725. The van der Waals surface area contributed by atoms with Gasteiger partial charge < -0.3 is 19.7 Å². The Bertz CT molecular complexity index is 1500. The first-order valence-corrected chi connectivity index (χ1v) is 13.9. The summed E-state index contributed by atoms with van der Waals surface area (Å²) in [5, 5.41) is 9.85. The largest absolute Gasteiger partial charge is 0.383 e. The average Bonchev–Trinajstić information content (AvgIpc) is 3.44. The summed E-state index contributed by atoms with van der Waals surface area (Å²) >= 11 is 0.531. The summed E-state index contributed by atoms with van der Waals surface area (Å²) in [6.07, 6.45) is -2.89. The van der Waals surface area contributed by atoms with Crippen molar-refractivity contribution >= 4 is 38.1 Å². The predicted molar refractivity (Wildman–Crippen MR) is 133 cm³/mol. The van der Waals surface area contributed by atoms with Gasteiger partial charge in [-0.05, 0) is 12.1 Å². The van der Waals surface area contributed by atoms with Gasteiger partial charge in [-0.2, -0.15) is 4.72 Å². The predicted octanol–water partition coefficient (Wildman–Crippen LogP) is 0.560. The first-order valence-electron chi connectivity index (χ1n) is 11.6. The number of benzene rings is 1. The Hall–Kier alpha value is -2.57. The van der Waals surface area contributed by atoms with Gasteiger partial charge in [0.25, 0.3) is 6.43 Å². The second kappa shape index (κ2) is 10.2. The lowest BCUT2D eigenvalue weighted by Gasteiger charge is -2.39. The maximum absolute atomic E-state index is 13.7. The van der Waals surface area contributed by atoms with E-state index in [2.05, 4.69) is 20.2 Å². The standard InChI is InChI=1S/C21H26F3N7O5S2/c1-29-16-14(30-4-3-25-12(7-30)8-35-2)5-13(38(33,34)28-21(9-22)10-36-11-21)6-15(16)31(20(29)32)19-27-26-18(37-19)17(23)24/h5-6,12,17,25,28H,3-4,7-11H2,1-2H3/t12-/m1/s1. The minimum atomic E-state index is -4.29. The highest BCUT2D eigenvalue weighted by atomic mass is 32.2. The number of ether oxygens (including phenoxy) is 2. The van der Waals surface area contributed by atoms with E-state index in [4.69, 9.17) is 9.47 Å². The van der Waals surface area contributed by atoms with Crippen molar-refractivity contribution in [1.29, 1.82) is 0 Å². The van der Waals surface area contributed by atoms with Crippen LogP contribution in [0.15, 0.2) is 21.8 Å². The van der Waals surface area contributed by atoms with Crippen molar-refractivity contribution in [2.75, 3.05) is 58.1 Å². The molecule has 0 aliphatic carbocycles. The summed E-state index contributed by atoms with van der Waals surface area (Å²) in [5.41, 5.74) is -1.05. The molecule has 2 aliphatic heterocycles. The van der Waals surface area contributed by atoms with E-state index in [0.29, 0.717) is 48.8 Å². The van der Waals surface area contributed by atoms with E-state index in [0.717, 1.165) is 4.57 Å². The van der Waals surface area contributed by atoms with Crippen LogP contribution in [0.2, 0.25) is 0 Å². The molecule has 17 heteroatoms. The number of piperazine rings is 1. The second-order valence-corrected chi connectivity index (χ2v) is 11.9. The molecule has 0 radical (unpaired) electrons. The summed E-state index contributed by atoms with van der Waals surface area (Å²) in [6, 6.07) is 2.62. The molecule has 4 heterocycles. The Morgan fingerprint density at radius 3 is 2.71 bits per heavy atom. The number of hydrogen-bond donors (Lipinski definition) is 2. The number of sulfonamides is 1. The molecule has 2 aromatic heterocycles. The summed E-state index contributed by atoms with van der Waals surface area (Å²) < 4.78 is 82.2. The Labute approximate surface area is 219 Å². The van der Waals surface area contributed by atoms with E-state index in [1.165, 1.54) is 23.7 Å². The van der Waals surface area contributed by atoms with Gasteiger partial charge in [0.15, 0.2) is 5.01 Å². The zero-order valence-electron chi connectivity index (χ0n) is 20.5. The molecule has 5 rings (SSSR count). The van der Waals surface area contributed by atoms with Crippen molar-refractivity contribution in [2.24, 2.45) is 7.05 Å². The van der Waals surface area contributed by atoms with Crippen LogP contribution in [0.5, 0.6) is 0 Å². The van der Waals surface area contributed by atoms with Gasteiger partial charge in [-0.3, -0.25) is 4.57 Å². The number of imidazole rings is 1. The maximum Gasteiger partial charge on any atom is 0.335 e. The number of rotatable bonds is 9. The van der Waals surface area contributed by atoms with Gasteiger partial charge in [-0.1, -0.05) is 11.3 Å². The molecule has 1 atom stereocenters. The van der Waals surface area contributed by atoms with E-state index < -0.39 is 39.4 Å². The number of halogens is 3. The smallest absolute Gasteiger partial charge is 0.335 e. The highest BCUT2D eigenvalue weighted by molar-refractivity contribution is 7.89. The van der Waals surface area contributed by atoms with Crippen LogP contribution < -0.4 is 20.6 Å². The van der Waals surface area contributed by atoms with Crippen LogP contribution in [-0.2, 0) is 26.5 Å². The van der Waals surface area contributed by atoms with E-state index in [1.807, 2.05) is 4.90 Å². The first kappa shape index (κ1) is 27.0. The Kier molecular flexibility index (Phi) is 7.25. The highest BCUT2D eigenvalue weighted by Crippen LogP contribution is 2.34. The van der Waals surface area contributed by atoms with Crippen LogP contribution in [0.4, 0.5) is 18.9 Å². The molecule has 38 heavy (non-hydrogen) atoms. The number of aryl methyl sites for hydroxylation is 1. The summed E-state index contributed by atoms with van der Waals surface area (Å²) in [7, 11) is -1.22. The van der Waals surface area contributed by atoms with Gasteiger partial charge in [-0.15, -0.1) is 10.2 Å². The number of alkyl halides is 3. The lowest BCUT2D eigenvalue weighted by Crippen LogP contribution is -2.63. The van der Waals surface area contributed by atoms with E-state index in [9.17, 15) is 26.4 Å². The van der Waals surface area contributed by atoms with E-state index in [-0.39, 0.29) is 34.8 Å². The summed E-state index contributed by atoms with van der Waals surface area (Å²) in [4.78, 5) is 15.1. The normalized spacial score (nSPS) is 19.8. The molecule has 0 amide bonds. The maximum atomic E-state index is 13.7. The fourth-order valence-electron chi connectivity index (χ4n) is 4.64. The number of anilines is 1. The Morgan fingerprint density at radius 1 is 1.34 bits per heavy atom. The van der Waals surface area contributed by atoms with Crippen LogP contribution in [0.25, 0.3) is 16.2 Å². The molecule has 0 unspecified atom stereocenters. The highest BCUT2D eigenvalue weighted by Gasteiger charge is 2.43. The quantitative estimate of drug-likeness (QED) is 0.374. The average molecular weight is 578 g/mol. The van der Waals surface area contributed by atoms with Crippen LogP contribution >= 0.6 is 11.3 Å². The van der Waals surface area contributed by atoms with Crippen molar-refractivity contribution in [3.05, 3.63) is 27.6 Å². The SMILES string of the molecule is COC[C@H]1CN(c2cc(S(=O)(=O)NC3(CF)COC3)cc3c2n(C)c(=O)n3-c2nnc(C(F)F)s2)CCN1. The van der Waals surface area contributed by atoms with Crippen LogP contribution in [0, 0.1) is 0 Å². The Balaban J connectivity index is 1.71. The molecule has 2 saturated heterocycles. The lowest BCUT2D eigenvalue weighted by atomic mass is 10.0. The van der Waals surface area contributed by atoms with Crippen molar-refractivity contribution < 1.29 is 31.1 Å². The molecule has 2 aliphatic rings. The topological polar surface area (TPSA) is 133 Å². The van der Waals surface area contributed by atoms with Gasteiger partial charge >= 0.3 is 5.69 Å². The van der Waals surface area contributed by atoms with Crippen LogP contribution in [0.1, 0.15) is 11.4 Å². The molecule has 1 aromatic carbocycles. The number of fused-ring (bicyclic) bond motifs is 1. The number of nitrogens with zero attached hydrogens (tertiary/aromatic N) is 5. The second-order valence-electron chi connectivity index (χ2n) is 9.28. The molecular weight excluding hydrogens is 551 g/mol.